The zero-order valence-corrected chi connectivity index (χ0v) is 17.1. The van der Waals surface area contributed by atoms with Crippen LogP contribution >= 0.6 is 0 Å². The van der Waals surface area contributed by atoms with Crippen LogP contribution in [0.5, 0.6) is 5.75 Å². The van der Waals surface area contributed by atoms with E-state index in [-0.39, 0.29) is 12.4 Å². The fourth-order valence-electron chi connectivity index (χ4n) is 3.86. The Bertz CT molecular complexity index is 1330. The molecule has 0 bridgehead atoms. The van der Waals surface area contributed by atoms with Gasteiger partial charge in [-0.2, -0.15) is 0 Å². The van der Waals surface area contributed by atoms with Crippen LogP contribution in [0, 0.1) is 12.7 Å². The highest BCUT2D eigenvalue weighted by atomic mass is 19.1. The molecule has 158 valence electrons. The molecule has 1 heterocycles. The highest BCUT2D eigenvalue weighted by molar-refractivity contribution is 6.19. The molecule has 6 nitrogen and oxygen atoms in total. The van der Waals surface area contributed by atoms with Crippen LogP contribution in [-0.2, 0) is 16.1 Å². The number of rotatable bonds is 6. The molecule has 0 aliphatic carbocycles. The number of esters is 1. The van der Waals surface area contributed by atoms with Gasteiger partial charge in [0, 0.05) is 17.5 Å². The van der Waals surface area contributed by atoms with Gasteiger partial charge in [0.25, 0.3) is 0 Å². The van der Waals surface area contributed by atoms with E-state index in [0.29, 0.717) is 28.6 Å². The Balaban J connectivity index is 2.02. The third kappa shape index (κ3) is 3.82. The first-order valence-electron chi connectivity index (χ1n) is 9.68. The predicted molar refractivity (Wildman–Crippen MR) is 116 cm³/mol. The first-order valence-corrected chi connectivity index (χ1v) is 9.68. The summed E-state index contributed by atoms with van der Waals surface area (Å²) in [6.07, 6.45) is 0. The lowest BCUT2D eigenvalue weighted by Crippen LogP contribution is -2.13. The monoisotopic (exact) mass is 420 g/mol. The summed E-state index contributed by atoms with van der Waals surface area (Å²) in [5, 5.41) is 1.29. The average Bonchev–Trinajstić information content (AvgIpc) is 3.05. The minimum absolute atomic E-state index is 0.273. The fraction of sp³-hybridized carbons (Fsp3) is 0.167. The Labute approximate surface area is 178 Å². The third-order valence-electron chi connectivity index (χ3n) is 5.17. The largest absolute Gasteiger partial charge is 0.481 e. The molecule has 1 amide bonds. The first kappa shape index (κ1) is 20.4. The molecule has 0 saturated heterocycles. The molecule has 2 N–H and O–H groups in total. The van der Waals surface area contributed by atoms with Gasteiger partial charge in [-0.1, -0.05) is 18.2 Å². The van der Waals surface area contributed by atoms with Crippen molar-refractivity contribution in [1.82, 2.24) is 4.57 Å². The minimum Gasteiger partial charge on any atom is -0.481 e. The van der Waals surface area contributed by atoms with Crippen molar-refractivity contribution in [1.29, 1.82) is 0 Å². The standard InChI is InChI=1S/C24H21FN2O4/c1-14-9-19-23(20(10-14)31-13-21(28)30-2)22-17(24(26)29)7-4-8-18(22)27(19)12-15-5-3-6-16(25)11-15/h3-11H,12-13H2,1-2H3,(H2,26,29). The van der Waals surface area contributed by atoms with E-state index >= 15 is 0 Å². The lowest BCUT2D eigenvalue weighted by Gasteiger charge is -2.11. The summed E-state index contributed by atoms with van der Waals surface area (Å²) in [4.78, 5) is 23.9. The van der Waals surface area contributed by atoms with Crippen LogP contribution in [0.2, 0.25) is 0 Å². The number of aryl methyl sites for hydroxylation is 1. The predicted octanol–water partition coefficient (Wildman–Crippen LogP) is 3.94. The smallest absolute Gasteiger partial charge is 0.343 e. The van der Waals surface area contributed by atoms with Crippen molar-refractivity contribution in [2.45, 2.75) is 13.5 Å². The van der Waals surface area contributed by atoms with Crippen molar-refractivity contribution in [3.05, 3.63) is 77.1 Å². The number of halogens is 1. The van der Waals surface area contributed by atoms with Gasteiger partial charge in [-0.3, -0.25) is 4.79 Å². The molecule has 0 atom stereocenters. The molecule has 0 spiro atoms. The van der Waals surface area contributed by atoms with E-state index in [4.69, 9.17) is 10.5 Å². The van der Waals surface area contributed by atoms with Crippen molar-refractivity contribution < 1.29 is 23.5 Å². The fourth-order valence-corrected chi connectivity index (χ4v) is 3.86. The maximum atomic E-state index is 13.8. The quantitative estimate of drug-likeness (QED) is 0.479. The summed E-state index contributed by atoms with van der Waals surface area (Å²) in [5.74, 6) is -0.977. The minimum atomic E-state index is -0.574. The number of primary amides is 1. The number of hydrogen-bond donors (Lipinski definition) is 1. The second kappa shape index (κ2) is 8.10. The molecule has 1 aromatic heterocycles. The molecule has 0 radical (unpaired) electrons. The van der Waals surface area contributed by atoms with Crippen LogP contribution in [0.15, 0.2) is 54.6 Å². The van der Waals surface area contributed by atoms with Crippen LogP contribution < -0.4 is 10.5 Å². The molecular formula is C24H21FN2O4. The van der Waals surface area contributed by atoms with Gasteiger partial charge in [-0.15, -0.1) is 0 Å². The van der Waals surface area contributed by atoms with Gasteiger partial charge >= 0.3 is 5.97 Å². The summed E-state index contributed by atoms with van der Waals surface area (Å²) >= 11 is 0. The van der Waals surface area contributed by atoms with Gasteiger partial charge in [-0.25, -0.2) is 9.18 Å². The highest BCUT2D eigenvalue weighted by Crippen LogP contribution is 2.39. The van der Waals surface area contributed by atoms with E-state index in [1.165, 1.54) is 19.2 Å². The van der Waals surface area contributed by atoms with Crippen molar-refractivity contribution in [2.24, 2.45) is 5.73 Å². The summed E-state index contributed by atoms with van der Waals surface area (Å²) in [5.41, 5.74) is 9.21. The van der Waals surface area contributed by atoms with Crippen LogP contribution in [0.1, 0.15) is 21.5 Å². The van der Waals surface area contributed by atoms with E-state index in [0.717, 1.165) is 22.2 Å². The number of methoxy groups -OCH3 is 1. The second-order valence-corrected chi connectivity index (χ2v) is 7.30. The lowest BCUT2D eigenvalue weighted by atomic mass is 10.0. The van der Waals surface area contributed by atoms with E-state index < -0.39 is 11.9 Å². The Morgan fingerprint density at radius 2 is 1.81 bits per heavy atom. The van der Waals surface area contributed by atoms with E-state index in [9.17, 15) is 14.0 Å². The maximum Gasteiger partial charge on any atom is 0.343 e. The Morgan fingerprint density at radius 3 is 2.52 bits per heavy atom. The topological polar surface area (TPSA) is 83.6 Å². The van der Waals surface area contributed by atoms with Crippen LogP contribution in [0.4, 0.5) is 4.39 Å². The van der Waals surface area contributed by atoms with Gasteiger partial charge in [0.15, 0.2) is 6.61 Å². The van der Waals surface area contributed by atoms with Crippen LogP contribution in [-0.4, -0.2) is 30.2 Å². The first-order chi connectivity index (χ1) is 14.9. The molecule has 31 heavy (non-hydrogen) atoms. The molecular weight excluding hydrogens is 399 g/mol. The zero-order valence-electron chi connectivity index (χ0n) is 17.1. The normalized spacial score (nSPS) is 11.1. The van der Waals surface area contributed by atoms with Gasteiger partial charge in [0.05, 0.1) is 23.5 Å². The SMILES string of the molecule is COC(=O)COc1cc(C)cc2c1c1c(C(N)=O)cccc1n2Cc1cccc(F)c1. The second-order valence-electron chi connectivity index (χ2n) is 7.30. The summed E-state index contributed by atoms with van der Waals surface area (Å²) in [6.45, 7) is 2.01. The molecule has 0 saturated carbocycles. The summed E-state index contributed by atoms with van der Waals surface area (Å²) in [6, 6.07) is 15.4. The van der Waals surface area contributed by atoms with Crippen molar-refractivity contribution >= 4 is 33.7 Å². The number of carbonyl (C=O) groups excluding carboxylic acids is 2. The van der Waals surface area contributed by atoms with Crippen molar-refractivity contribution in [2.75, 3.05) is 13.7 Å². The number of benzene rings is 3. The van der Waals surface area contributed by atoms with E-state index in [2.05, 4.69) is 4.74 Å². The number of amides is 1. The lowest BCUT2D eigenvalue weighted by molar-refractivity contribution is -0.142. The number of aromatic nitrogens is 1. The summed E-state index contributed by atoms with van der Waals surface area (Å²) < 4.78 is 26.2. The molecule has 0 aliphatic rings. The van der Waals surface area contributed by atoms with Crippen LogP contribution in [0.25, 0.3) is 21.8 Å². The van der Waals surface area contributed by atoms with Crippen LogP contribution in [0.3, 0.4) is 0 Å². The molecule has 0 fully saturated rings. The molecule has 7 heteroatoms. The van der Waals surface area contributed by atoms with Gasteiger partial charge < -0.3 is 19.8 Å². The molecule has 0 aliphatic heterocycles. The average molecular weight is 420 g/mol. The third-order valence-corrected chi connectivity index (χ3v) is 5.17. The van der Waals surface area contributed by atoms with E-state index in [1.54, 1.807) is 24.3 Å². The van der Waals surface area contributed by atoms with Gasteiger partial charge in [0.1, 0.15) is 11.6 Å². The molecule has 0 unspecified atom stereocenters. The highest BCUT2D eigenvalue weighted by Gasteiger charge is 2.21. The number of hydrogen-bond acceptors (Lipinski definition) is 4. The maximum absolute atomic E-state index is 13.8. The number of ether oxygens (including phenoxy) is 2. The Morgan fingerprint density at radius 1 is 1.03 bits per heavy atom. The number of nitrogens with zero attached hydrogens (tertiary/aromatic N) is 1. The zero-order chi connectivity index (χ0) is 22.1. The molecule has 4 rings (SSSR count). The number of fused-ring (bicyclic) bond motifs is 3. The number of nitrogens with two attached hydrogens (primary N) is 1. The van der Waals surface area contributed by atoms with Crippen molar-refractivity contribution in [3.63, 3.8) is 0 Å². The Kier molecular flexibility index (Phi) is 5.33. The Hall–Kier alpha value is -3.87. The number of carbonyl (C=O) groups is 2. The summed E-state index contributed by atoms with van der Waals surface area (Å²) in [7, 11) is 1.29. The van der Waals surface area contributed by atoms with Gasteiger partial charge in [0.2, 0.25) is 5.91 Å². The van der Waals surface area contributed by atoms with Gasteiger partial charge in [-0.05, 0) is 54.4 Å². The van der Waals surface area contributed by atoms with Crippen molar-refractivity contribution in [3.8, 4) is 5.75 Å². The molecule has 3 aromatic carbocycles. The molecule has 4 aromatic rings. The van der Waals surface area contributed by atoms with E-state index in [1.807, 2.05) is 29.7 Å².